The molecule has 0 aromatic carbocycles. The molecule has 1 saturated carbocycles. The third kappa shape index (κ3) is 2.27. The van der Waals surface area contributed by atoms with Crippen LogP contribution in [-0.4, -0.2) is 12.3 Å². The first-order chi connectivity index (χ1) is 6.29. The van der Waals surface area contributed by atoms with Gasteiger partial charge in [0.1, 0.15) is 0 Å². The second kappa shape index (κ2) is 4.30. The topological polar surface area (TPSA) is 0 Å². The molecule has 3 atom stereocenters. The molecule has 1 aliphatic heterocycles. The molecular weight excluding hydrogens is 175 g/mol. The van der Waals surface area contributed by atoms with E-state index in [9.17, 15) is 0 Å². The van der Waals surface area contributed by atoms with E-state index in [-0.39, 0.29) is 0 Å². The van der Waals surface area contributed by atoms with Crippen molar-refractivity contribution in [1.82, 2.24) is 0 Å². The molecule has 0 N–H and O–H groups in total. The van der Waals surface area contributed by atoms with Gasteiger partial charge in [0, 0.05) is 0 Å². The summed E-state index contributed by atoms with van der Waals surface area (Å²) < 4.78 is 0. The van der Waals surface area contributed by atoms with Crippen molar-refractivity contribution in [3.05, 3.63) is 0 Å². The summed E-state index contributed by atoms with van der Waals surface area (Å²) in [7, 11) is 1.31. The van der Waals surface area contributed by atoms with Crippen LogP contribution in [0.15, 0.2) is 0 Å². The van der Waals surface area contributed by atoms with Gasteiger partial charge >= 0.3 is 0 Å². The van der Waals surface area contributed by atoms with E-state index in [1.807, 2.05) is 0 Å². The first-order valence-electron chi connectivity index (χ1n) is 6.00. The monoisotopic (exact) mass is 198 g/mol. The van der Waals surface area contributed by atoms with Crippen molar-refractivity contribution < 1.29 is 0 Å². The smallest absolute Gasteiger partial charge is 0.0312 e. The zero-order valence-corrected chi connectivity index (χ0v) is 10.1. The highest BCUT2D eigenvalue weighted by Gasteiger charge is 2.33. The molecule has 3 unspecified atom stereocenters. The normalized spacial score (nSPS) is 47.5. The highest BCUT2D eigenvalue weighted by Crippen LogP contribution is 2.45. The van der Waals surface area contributed by atoms with Crippen LogP contribution >= 0.6 is 8.58 Å². The average Bonchev–Trinajstić information content (AvgIpc) is 2.00. The van der Waals surface area contributed by atoms with Crippen molar-refractivity contribution in [2.24, 2.45) is 23.7 Å². The van der Waals surface area contributed by atoms with Crippen LogP contribution in [0.5, 0.6) is 0 Å². The zero-order chi connectivity index (χ0) is 9.26. The molecule has 2 rings (SSSR count). The Morgan fingerprint density at radius 2 is 1.85 bits per heavy atom. The lowest BCUT2D eigenvalue weighted by Gasteiger charge is -2.41. The minimum Gasteiger partial charge on any atom is -0.121 e. The highest BCUT2D eigenvalue weighted by molar-refractivity contribution is 7.39. The maximum Gasteiger partial charge on any atom is -0.0312 e. The molecule has 0 nitrogen and oxygen atoms in total. The summed E-state index contributed by atoms with van der Waals surface area (Å²) in [6.45, 7) is 4.85. The molecular formula is C12H23P. The molecule has 2 fully saturated rings. The van der Waals surface area contributed by atoms with Gasteiger partial charge in [0.2, 0.25) is 0 Å². The lowest BCUT2D eigenvalue weighted by Crippen LogP contribution is -2.32. The summed E-state index contributed by atoms with van der Waals surface area (Å²) in [5.41, 5.74) is 0. The summed E-state index contributed by atoms with van der Waals surface area (Å²) in [6, 6.07) is 0. The van der Waals surface area contributed by atoms with Crippen LogP contribution in [-0.2, 0) is 0 Å². The van der Waals surface area contributed by atoms with E-state index < -0.39 is 0 Å². The molecule has 0 bridgehead atoms. The fraction of sp³-hybridized carbons (Fsp3) is 1.00. The molecule has 13 heavy (non-hydrogen) atoms. The number of hydrogen-bond donors (Lipinski definition) is 0. The Hall–Kier alpha value is 0.430. The van der Waals surface area contributed by atoms with Crippen LogP contribution in [0.25, 0.3) is 0 Å². The largest absolute Gasteiger partial charge is 0.121 e. The van der Waals surface area contributed by atoms with E-state index in [0.717, 1.165) is 23.7 Å². The van der Waals surface area contributed by atoms with Gasteiger partial charge in [-0.25, -0.2) is 0 Å². The van der Waals surface area contributed by atoms with Gasteiger partial charge in [0.05, 0.1) is 0 Å². The maximum atomic E-state index is 2.47. The third-order valence-electron chi connectivity index (χ3n) is 4.13. The summed E-state index contributed by atoms with van der Waals surface area (Å²) in [5.74, 6) is 4.36. The Bertz CT molecular complexity index is 163. The Morgan fingerprint density at radius 3 is 2.38 bits per heavy atom. The van der Waals surface area contributed by atoms with Crippen LogP contribution in [0, 0.1) is 23.7 Å². The Balaban J connectivity index is 1.88. The fourth-order valence-electron chi connectivity index (χ4n) is 3.17. The van der Waals surface area contributed by atoms with Crippen LogP contribution in [0.3, 0.4) is 0 Å². The van der Waals surface area contributed by atoms with Gasteiger partial charge in [-0.2, -0.15) is 0 Å². The van der Waals surface area contributed by atoms with E-state index in [4.69, 9.17) is 0 Å². The summed E-state index contributed by atoms with van der Waals surface area (Å²) in [5, 5.41) is 0. The van der Waals surface area contributed by atoms with Gasteiger partial charge in [-0.1, -0.05) is 20.3 Å². The Labute approximate surface area is 84.7 Å². The molecule has 1 aliphatic carbocycles. The fourth-order valence-corrected chi connectivity index (χ4v) is 4.45. The van der Waals surface area contributed by atoms with Crippen molar-refractivity contribution in [3.8, 4) is 0 Å². The van der Waals surface area contributed by atoms with Crippen molar-refractivity contribution in [2.45, 2.75) is 39.5 Å². The first-order valence-corrected chi connectivity index (χ1v) is 7.41. The van der Waals surface area contributed by atoms with E-state index in [1.165, 1.54) is 21.4 Å². The molecule has 0 amide bonds. The quantitative estimate of drug-likeness (QED) is 0.593. The lowest BCUT2D eigenvalue weighted by molar-refractivity contribution is 0.162. The third-order valence-corrected chi connectivity index (χ3v) is 5.76. The second-order valence-corrected chi connectivity index (χ2v) is 6.58. The SMILES string of the molecule is CCC1CC(C)CC(C2CPC2)C1. The minimum atomic E-state index is 1.02. The van der Waals surface area contributed by atoms with Crippen LogP contribution in [0.1, 0.15) is 39.5 Å². The highest BCUT2D eigenvalue weighted by atomic mass is 31.1. The zero-order valence-electron chi connectivity index (χ0n) is 9.05. The summed E-state index contributed by atoms with van der Waals surface area (Å²) >= 11 is 0. The molecule has 0 radical (unpaired) electrons. The van der Waals surface area contributed by atoms with Crippen LogP contribution < -0.4 is 0 Å². The van der Waals surface area contributed by atoms with Crippen LogP contribution in [0.2, 0.25) is 0 Å². The van der Waals surface area contributed by atoms with Crippen molar-refractivity contribution in [2.75, 3.05) is 12.3 Å². The van der Waals surface area contributed by atoms with Crippen LogP contribution in [0.4, 0.5) is 0 Å². The number of rotatable bonds is 2. The Morgan fingerprint density at radius 1 is 1.08 bits per heavy atom. The predicted molar refractivity (Wildman–Crippen MR) is 61.8 cm³/mol. The second-order valence-electron chi connectivity index (χ2n) is 5.26. The van der Waals surface area contributed by atoms with Crippen molar-refractivity contribution >= 4 is 8.58 Å². The molecule has 2 aliphatic rings. The van der Waals surface area contributed by atoms with Gasteiger partial charge in [-0.15, -0.1) is 8.58 Å². The van der Waals surface area contributed by atoms with Gasteiger partial charge in [-0.3, -0.25) is 0 Å². The van der Waals surface area contributed by atoms with E-state index in [0.29, 0.717) is 0 Å². The van der Waals surface area contributed by atoms with Gasteiger partial charge in [-0.05, 0) is 55.3 Å². The van der Waals surface area contributed by atoms with Crippen molar-refractivity contribution in [3.63, 3.8) is 0 Å². The molecule has 1 heteroatoms. The van der Waals surface area contributed by atoms with E-state index >= 15 is 0 Å². The first kappa shape index (κ1) is 9.97. The predicted octanol–water partition coefficient (Wildman–Crippen LogP) is 3.76. The molecule has 76 valence electrons. The summed E-state index contributed by atoms with van der Waals surface area (Å²) in [4.78, 5) is 0. The van der Waals surface area contributed by atoms with E-state index in [1.54, 1.807) is 25.2 Å². The molecule has 1 saturated heterocycles. The lowest BCUT2D eigenvalue weighted by atomic mass is 9.71. The van der Waals surface area contributed by atoms with Gasteiger partial charge in [0.15, 0.2) is 0 Å². The molecule has 0 aromatic rings. The molecule has 1 heterocycles. The number of hydrogen-bond acceptors (Lipinski definition) is 0. The standard InChI is InChI=1S/C12H23P/c1-3-10-4-9(2)5-11(6-10)12-7-13-8-12/h9-13H,3-8H2,1-2H3. The maximum absolute atomic E-state index is 2.47. The molecule has 0 aromatic heterocycles. The van der Waals surface area contributed by atoms with Gasteiger partial charge in [0.25, 0.3) is 0 Å². The van der Waals surface area contributed by atoms with Gasteiger partial charge < -0.3 is 0 Å². The van der Waals surface area contributed by atoms with Crippen molar-refractivity contribution in [1.29, 1.82) is 0 Å². The Kier molecular flexibility index (Phi) is 3.30. The average molecular weight is 198 g/mol. The summed E-state index contributed by atoms with van der Waals surface area (Å²) in [6.07, 6.45) is 9.21. The molecule has 0 spiro atoms. The van der Waals surface area contributed by atoms with E-state index in [2.05, 4.69) is 13.8 Å². The minimum absolute atomic E-state index is 1.02.